The van der Waals surface area contributed by atoms with Gasteiger partial charge in [0.2, 0.25) is 0 Å². The molecule has 2 aliphatic rings. The van der Waals surface area contributed by atoms with Gasteiger partial charge in [-0.2, -0.15) is 0 Å². The standard InChI is InChI=1S/C15H18FNO3/c16-14-4-1-9(15(19)20)5-10(14)8-17-11-2-3-12(17)7-13(18)6-11/h1,4-5,11-13,18H,2-3,6-8H2,(H,19,20). The van der Waals surface area contributed by atoms with Gasteiger partial charge in [0.05, 0.1) is 11.7 Å². The predicted octanol–water partition coefficient (Wildman–Crippen LogP) is 2.01. The molecule has 108 valence electrons. The highest BCUT2D eigenvalue weighted by Crippen LogP contribution is 2.37. The van der Waals surface area contributed by atoms with E-state index < -0.39 is 5.97 Å². The van der Waals surface area contributed by atoms with Crippen molar-refractivity contribution in [2.24, 2.45) is 0 Å². The number of piperidine rings is 1. The highest BCUT2D eigenvalue weighted by atomic mass is 19.1. The fourth-order valence-electron chi connectivity index (χ4n) is 3.53. The lowest BCUT2D eigenvalue weighted by Gasteiger charge is -2.37. The zero-order chi connectivity index (χ0) is 14.3. The van der Waals surface area contributed by atoms with E-state index in [-0.39, 0.29) is 29.6 Å². The third-order valence-corrected chi connectivity index (χ3v) is 4.51. The fraction of sp³-hybridized carbons (Fsp3) is 0.533. The van der Waals surface area contributed by atoms with Crippen molar-refractivity contribution in [2.45, 2.75) is 50.4 Å². The molecule has 4 nitrogen and oxygen atoms in total. The van der Waals surface area contributed by atoms with Crippen molar-refractivity contribution in [1.29, 1.82) is 0 Å². The Bertz CT molecular complexity index is 520. The molecule has 2 aliphatic heterocycles. The molecule has 0 saturated carbocycles. The van der Waals surface area contributed by atoms with E-state index in [4.69, 9.17) is 5.11 Å². The summed E-state index contributed by atoms with van der Waals surface area (Å²) in [5.41, 5.74) is 0.545. The van der Waals surface area contributed by atoms with E-state index in [1.165, 1.54) is 18.2 Å². The first kappa shape index (κ1) is 13.5. The normalized spacial score (nSPS) is 29.6. The minimum absolute atomic E-state index is 0.116. The van der Waals surface area contributed by atoms with Gasteiger partial charge in [-0.05, 0) is 43.9 Å². The van der Waals surface area contributed by atoms with Crippen LogP contribution >= 0.6 is 0 Å². The van der Waals surface area contributed by atoms with E-state index in [1.807, 2.05) is 0 Å². The molecule has 0 amide bonds. The Hall–Kier alpha value is -1.46. The lowest BCUT2D eigenvalue weighted by molar-refractivity contribution is 0.0305. The van der Waals surface area contributed by atoms with Gasteiger partial charge in [0, 0.05) is 24.2 Å². The second-order valence-electron chi connectivity index (χ2n) is 5.79. The highest BCUT2D eigenvalue weighted by molar-refractivity contribution is 5.87. The number of carboxylic acids is 1. The summed E-state index contributed by atoms with van der Waals surface area (Å²) in [6.45, 7) is 0.426. The van der Waals surface area contributed by atoms with Crippen LogP contribution in [-0.4, -0.2) is 39.3 Å². The van der Waals surface area contributed by atoms with Gasteiger partial charge in [-0.1, -0.05) is 0 Å². The summed E-state index contributed by atoms with van der Waals surface area (Å²) in [5.74, 6) is -1.40. The second-order valence-corrected chi connectivity index (χ2v) is 5.79. The summed E-state index contributed by atoms with van der Waals surface area (Å²) in [6, 6.07) is 4.51. The first-order valence-electron chi connectivity index (χ1n) is 7.00. The van der Waals surface area contributed by atoms with Crippen molar-refractivity contribution in [2.75, 3.05) is 0 Å². The van der Waals surface area contributed by atoms with Crippen LogP contribution in [0.4, 0.5) is 4.39 Å². The molecule has 20 heavy (non-hydrogen) atoms. The zero-order valence-electron chi connectivity index (χ0n) is 11.1. The molecule has 2 saturated heterocycles. The van der Waals surface area contributed by atoms with Crippen molar-refractivity contribution in [3.05, 3.63) is 35.1 Å². The molecule has 5 heteroatoms. The van der Waals surface area contributed by atoms with Crippen LogP contribution in [0.1, 0.15) is 41.6 Å². The zero-order valence-corrected chi connectivity index (χ0v) is 11.1. The Morgan fingerprint density at radius 1 is 1.30 bits per heavy atom. The Morgan fingerprint density at radius 3 is 2.55 bits per heavy atom. The molecule has 0 aliphatic carbocycles. The Morgan fingerprint density at radius 2 is 1.95 bits per heavy atom. The summed E-state index contributed by atoms with van der Waals surface area (Å²) in [7, 11) is 0. The van der Waals surface area contributed by atoms with Crippen LogP contribution in [0.5, 0.6) is 0 Å². The van der Waals surface area contributed by atoms with Crippen LogP contribution in [0, 0.1) is 5.82 Å². The minimum atomic E-state index is -1.04. The number of fused-ring (bicyclic) bond motifs is 2. The number of aliphatic hydroxyl groups excluding tert-OH is 1. The number of aliphatic hydroxyl groups is 1. The van der Waals surface area contributed by atoms with Crippen LogP contribution in [0.25, 0.3) is 0 Å². The quantitative estimate of drug-likeness (QED) is 0.888. The molecule has 0 radical (unpaired) electrons. The average molecular weight is 279 g/mol. The number of hydrogen-bond donors (Lipinski definition) is 2. The summed E-state index contributed by atoms with van der Waals surface area (Å²) in [5, 5.41) is 18.8. The van der Waals surface area contributed by atoms with Crippen molar-refractivity contribution >= 4 is 5.97 Å². The van der Waals surface area contributed by atoms with Crippen LogP contribution in [-0.2, 0) is 6.54 Å². The molecule has 0 spiro atoms. The third kappa shape index (κ3) is 2.43. The molecule has 2 atom stereocenters. The van der Waals surface area contributed by atoms with Crippen LogP contribution in [0.3, 0.4) is 0 Å². The van der Waals surface area contributed by atoms with Gasteiger partial charge in [0.25, 0.3) is 0 Å². The Balaban J connectivity index is 1.81. The van der Waals surface area contributed by atoms with Gasteiger partial charge in [-0.25, -0.2) is 9.18 Å². The topological polar surface area (TPSA) is 60.8 Å². The maximum atomic E-state index is 13.9. The first-order chi connectivity index (χ1) is 9.54. The smallest absolute Gasteiger partial charge is 0.335 e. The van der Waals surface area contributed by atoms with Gasteiger partial charge >= 0.3 is 5.97 Å². The monoisotopic (exact) mass is 279 g/mol. The van der Waals surface area contributed by atoms with Gasteiger partial charge < -0.3 is 10.2 Å². The lowest BCUT2D eigenvalue weighted by Crippen LogP contribution is -2.44. The van der Waals surface area contributed by atoms with Crippen molar-refractivity contribution in [3.8, 4) is 0 Å². The largest absolute Gasteiger partial charge is 0.478 e. The van der Waals surface area contributed by atoms with E-state index in [1.54, 1.807) is 0 Å². The number of rotatable bonds is 3. The molecule has 0 aromatic heterocycles. The lowest BCUT2D eigenvalue weighted by atomic mass is 9.98. The molecule has 2 unspecified atom stereocenters. The predicted molar refractivity (Wildman–Crippen MR) is 71.0 cm³/mol. The summed E-state index contributed by atoms with van der Waals surface area (Å²) < 4.78 is 13.9. The van der Waals surface area contributed by atoms with Gasteiger partial charge in [0.15, 0.2) is 0 Å². The number of nitrogens with zero attached hydrogens (tertiary/aromatic N) is 1. The molecule has 1 aromatic carbocycles. The van der Waals surface area contributed by atoms with Gasteiger partial charge in [-0.15, -0.1) is 0 Å². The van der Waals surface area contributed by atoms with E-state index in [0.29, 0.717) is 12.1 Å². The molecule has 3 rings (SSSR count). The molecule has 2 N–H and O–H groups in total. The van der Waals surface area contributed by atoms with Crippen LogP contribution in [0.2, 0.25) is 0 Å². The first-order valence-corrected chi connectivity index (χ1v) is 7.00. The third-order valence-electron chi connectivity index (χ3n) is 4.51. The average Bonchev–Trinajstić information content (AvgIpc) is 2.64. The van der Waals surface area contributed by atoms with Crippen LogP contribution in [0.15, 0.2) is 18.2 Å². The van der Waals surface area contributed by atoms with E-state index >= 15 is 0 Å². The molecule has 2 bridgehead atoms. The summed E-state index contributed by atoms with van der Waals surface area (Å²) in [4.78, 5) is 13.2. The Labute approximate surface area is 116 Å². The molecular formula is C15H18FNO3. The number of aromatic carboxylic acids is 1. The van der Waals surface area contributed by atoms with Crippen LogP contribution < -0.4 is 0 Å². The number of hydrogen-bond acceptors (Lipinski definition) is 3. The van der Waals surface area contributed by atoms with E-state index in [2.05, 4.69) is 4.90 Å². The van der Waals surface area contributed by atoms with Crippen molar-refractivity contribution in [3.63, 3.8) is 0 Å². The molecular weight excluding hydrogens is 261 g/mol. The van der Waals surface area contributed by atoms with Gasteiger partial charge in [0.1, 0.15) is 5.82 Å². The van der Waals surface area contributed by atoms with E-state index in [0.717, 1.165) is 25.7 Å². The Kier molecular flexibility index (Phi) is 3.48. The molecule has 2 heterocycles. The number of benzene rings is 1. The maximum absolute atomic E-state index is 13.9. The highest BCUT2D eigenvalue weighted by Gasteiger charge is 2.40. The maximum Gasteiger partial charge on any atom is 0.335 e. The fourth-order valence-corrected chi connectivity index (χ4v) is 3.53. The number of carbonyl (C=O) groups is 1. The molecule has 2 fully saturated rings. The van der Waals surface area contributed by atoms with Crippen molar-refractivity contribution < 1.29 is 19.4 Å². The summed E-state index contributed by atoms with van der Waals surface area (Å²) >= 11 is 0. The molecule has 1 aromatic rings. The number of carboxylic acid groups (broad SMARTS) is 1. The summed E-state index contributed by atoms with van der Waals surface area (Å²) in [6.07, 6.45) is 3.27. The SMILES string of the molecule is O=C(O)c1ccc(F)c(CN2C3CCC2CC(O)C3)c1. The van der Waals surface area contributed by atoms with E-state index in [9.17, 15) is 14.3 Å². The van der Waals surface area contributed by atoms with Gasteiger partial charge in [-0.3, -0.25) is 4.90 Å². The second kappa shape index (κ2) is 5.14. The number of halogens is 1. The minimum Gasteiger partial charge on any atom is -0.478 e. The van der Waals surface area contributed by atoms with Crippen molar-refractivity contribution in [1.82, 2.24) is 4.90 Å².